The average Bonchev–Trinajstić information content (AvgIpc) is 2.60. The fraction of sp³-hybridized carbons (Fsp3) is 0.474. The topological polar surface area (TPSA) is 85.9 Å². The minimum Gasteiger partial charge on any atom is -0.493 e. The molecule has 1 aliphatic heterocycles. The van der Waals surface area contributed by atoms with Crippen molar-refractivity contribution in [3.63, 3.8) is 0 Å². The van der Waals surface area contributed by atoms with Gasteiger partial charge in [0.2, 0.25) is 0 Å². The number of ether oxygens (including phenoxy) is 3. The SMILES string of the molecule is CCOC(=O)C1=C(CC)NC(=O)NC1c1ccc(OC(C)C)c(OC)c1. The van der Waals surface area contributed by atoms with E-state index < -0.39 is 12.0 Å². The second-order valence-corrected chi connectivity index (χ2v) is 6.07. The Morgan fingerprint density at radius 1 is 1.23 bits per heavy atom. The van der Waals surface area contributed by atoms with Crippen LogP contribution in [0.4, 0.5) is 4.79 Å². The minimum absolute atomic E-state index is 0.00461. The molecule has 0 radical (unpaired) electrons. The number of carbonyl (C=O) groups excluding carboxylic acids is 2. The maximum absolute atomic E-state index is 12.5. The predicted molar refractivity (Wildman–Crippen MR) is 97.1 cm³/mol. The van der Waals surface area contributed by atoms with Gasteiger partial charge in [0, 0.05) is 5.70 Å². The van der Waals surface area contributed by atoms with Crippen molar-refractivity contribution < 1.29 is 23.8 Å². The van der Waals surface area contributed by atoms with Gasteiger partial charge in [-0.1, -0.05) is 13.0 Å². The fourth-order valence-electron chi connectivity index (χ4n) is 2.81. The molecule has 0 saturated carbocycles. The summed E-state index contributed by atoms with van der Waals surface area (Å²) in [7, 11) is 1.55. The van der Waals surface area contributed by atoms with Crippen LogP contribution in [0.3, 0.4) is 0 Å². The molecule has 0 fully saturated rings. The molecule has 7 nitrogen and oxygen atoms in total. The van der Waals surface area contributed by atoms with Crippen molar-refractivity contribution in [3.8, 4) is 11.5 Å². The molecule has 0 aromatic heterocycles. The third-order valence-electron chi connectivity index (χ3n) is 3.89. The van der Waals surface area contributed by atoms with E-state index in [4.69, 9.17) is 14.2 Å². The lowest BCUT2D eigenvalue weighted by molar-refractivity contribution is -0.139. The van der Waals surface area contributed by atoms with Crippen LogP contribution in [0.2, 0.25) is 0 Å². The van der Waals surface area contributed by atoms with Crippen LogP contribution < -0.4 is 20.1 Å². The van der Waals surface area contributed by atoms with Gasteiger partial charge in [-0.2, -0.15) is 0 Å². The molecule has 1 aromatic carbocycles. The van der Waals surface area contributed by atoms with Gasteiger partial charge < -0.3 is 24.8 Å². The molecule has 7 heteroatoms. The number of hydrogen-bond donors (Lipinski definition) is 2. The Balaban J connectivity index is 2.49. The molecule has 2 N–H and O–H groups in total. The van der Waals surface area contributed by atoms with E-state index in [0.29, 0.717) is 34.8 Å². The highest BCUT2D eigenvalue weighted by molar-refractivity contribution is 5.95. The van der Waals surface area contributed by atoms with Crippen LogP contribution in [-0.4, -0.2) is 31.8 Å². The average molecular weight is 362 g/mol. The van der Waals surface area contributed by atoms with Crippen LogP contribution in [0.5, 0.6) is 11.5 Å². The molecule has 142 valence electrons. The Kier molecular flexibility index (Phi) is 6.49. The van der Waals surface area contributed by atoms with Crippen LogP contribution in [0.25, 0.3) is 0 Å². The number of benzene rings is 1. The van der Waals surface area contributed by atoms with E-state index in [1.54, 1.807) is 26.2 Å². The summed E-state index contributed by atoms with van der Waals surface area (Å²) < 4.78 is 16.3. The second-order valence-electron chi connectivity index (χ2n) is 6.07. The van der Waals surface area contributed by atoms with Crippen LogP contribution >= 0.6 is 0 Å². The molecular formula is C19H26N2O5. The van der Waals surface area contributed by atoms with Gasteiger partial charge >= 0.3 is 12.0 Å². The number of methoxy groups -OCH3 is 1. The number of urea groups is 1. The standard InChI is InChI=1S/C19H26N2O5/c1-6-13-16(18(22)25-7-2)17(21-19(23)20-13)12-8-9-14(26-11(3)4)15(10-12)24-5/h8-11,17H,6-7H2,1-5H3,(H2,20,21,23). The van der Waals surface area contributed by atoms with E-state index in [-0.39, 0.29) is 18.7 Å². The molecule has 0 aliphatic carbocycles. The third kappa shape index (κ3) is 4.28. The summed E-state index contributed by atoms with van der Waals surface area (Å²) in [6.45, 7) is 7.72. The maximum Gasteiger partial charge on any atom is 0.338 e. The van der Waals surface area contributed by atoms with E-state index >= 15 is 0 Å². The van der Waals surface area contributed by atoms with Gasteiger partial charge in [-0.05, 0) is 44.9 Å². The zero-order valence-corrected chi connectivity index (χ0v) is 15.8. The van der Waals surface area contributed by atoms with E-state index in [9.17, 15) is 9.59 Å². The molecule has 26 heavy (non-hydrogen) atoms. The highest BCUT2D eigenvalue weighted by atomic mass is 16.5. The van der Waals surface area contributed by atoms with Gasteiger partial charge in [0.05, 0.1) is 31.4 Å². The fourth-order valence-corrected chi connectivity index (χ4v) is 2.81. The minimum atomic E-state index is -0.625. The quantitative estimate of drug-likeness (QED) is 0.728. The maximum atomic E-state index is 12.5. The second kappa shape index (κ2) is 8.60. The van der Waals surface area contributed by atoms with Crippen LogP contribution in [-0.2, 0) is 9.53 Å². The number of allylic oxidation sites excluding steroid dienone is 1. The monoisotopic (exact) mass is 362 g/mol. The van der Waals surface area contributed by atoms with Crippen molar-refractivity contribution in [3.05, 3.63) is 35.0 Å². The Labute approximate surface area is 153 Å². The van der Waals surface area contributed by atoms with Crippen molar-refractivity contribution in [2.75, 3.05) is 13.7 Å². The first-order valence-electron chi connectivity index (χ1n) is 8.73. The van der Waals surface area contributed by atoms with E-state index in [2.05, 4.69) is 10.6 Å². The first-order valence-corrected chi connectivity index (χ1v) is 8.73. The van der Waals surface area contributed by atoms with Crippen molar-refractivity contribution >= 4 is 12.0 Å². The first kappa shape index (κ1) is 19.6. The van der Waals surface area contributed by atoms with Gasteiger partial charge in [-0.15, -0.1) is 0 Å². The number of esters is 1. The summed E-state index contributed by atoms with van der Waals surface area (Å²) in [5.41, 5.74) is 1.66. The largest absolute Gasteiger partial charge is 0.493 e. The molecule has 0 saturated heterocycles. The Morgan fingerprint density at radius 2 is 1.96 bits per heavy atom. The number of hydrogen-bond acceptors (Lipinski definition) is 5. The summed E-state index contributed by atoms with van der Waals surface area (Å²) >= 11 is 0. The predicted octanol–water partition coefficient (Wildman–Crippen LogP) is 3.06. The zero-order valence-electron chi connectivity index (χ0n) is 15.8. The number of rotatable bonds is 7. The summed E-state index contributed by atoms with van der Waals surface area (Å²) in [5.74, 6) is 0.678. The number of carbonyl (C=O) groups is 2. The van der Waals surface area contributed by atoms with Gasteiger partial charge in [0.25, 0.3) is 0 Å². The van der Waals surface area contributed by atoms with Crippen molar-refractivity contribution in [2.45, 2.75) is 46.3 Å². The highest BCUT2D eigenvalue weighted by Crippen LogP contribution is 2.35. The van der Waals surface area contributed by atoms with Crippen LogP contribution in [0.1, 0.15) is 45.7 Å². The molecular weight excluding hydrogens is 336 g/mol. The number of amides is 2. The van der Waals surface area contributed by atoms with Gasteiger partial charge in [0.1, 0.15) is 0 Å². The molecule has 2 amide bonds. The molecule has 0 spiro atoms. The summed E-state index contributed by atoms with van der Waals surface area (Å²) in [6.07, 6.45) is 0.499. The van der Waals surface area contributed by atoms with Gasteiger partial charge in [0.15, 0.2) is 11.5 Å². The van der Waals surface area contributed by atoms with E-state index in [0.717, 1.165) is 0 Å². The molecule has 1 atom stereocenters. The van der Waals surface area contributed by atoms with Gasteiger partial charge in [-0.3, -0.25) is 0 Å². The lowest BCUT2D eigenvalue weighted by Crippen LogP contribution is -2.45. The third-order valence-corrected chi connectivity index (χ3v) is 3.89. The van der Waals surface area contributed by atoms with Crippen molar-refractivity contribution in [2.24, 2.45) is 0 Å². The smallest absolute Gasteiger partial charge is 0.338 e. The van der Waals surface area contributed by atoms with E-state index in [1.807, 2.05) is 26.8 Å². The summed E-state index contributed by atoms with van der Waals surface area (Å²) in [6, 6.07) is 4.36. The molecule has 2 rings (SSSR count). The summed E-state index contributed by atoms with van der Waals surface area (Å²) in [4.78, 5) is 24.5. The molecule has 0 bridgehead atoms. The highest BCUT2D eigenvalue weighted by Gasteiger charge is 2.33. The molecule has 1 aromatic rings. The first-order chi connectivity index (χ1) is 12.4. The van der Waals surface area contributed by atoms with Crippen LogP contribution in [0, 0.1) is 0 Å². The molecule has 1 heterocycles. The summed E-state index contributed by atoms with van der Waals surface area (Å²) in [5, 5.41) is 5.49. The van der Waals surface area contributed by atoms with Crippen LogP contribution in [0.15, 0.2) is 29.5 Å². The molecule has 1 aliphatic rings. The Hall–Kier alpha value is -2.70. The Morgan fingerprint density at radius 3 is 2.54 bits per heavy atom. The lowest BCUT2D eigenvalue weighted by Gasteiger charge is -2.29. The molecule has 1 unspecified atom stereocenters. The van der Waals surface area contributed by atoms with Gasteiger partial charge in [-0.25, -0.2) is 9.59 Å². The van der Waals surface area contributed by atoms with Crippen molar-refractivity contribution in [1.82, 2.24) is 10.6 Å². The van der Waals surface area contributed by atoms with Crippen molar-refractivity contribution in [1.29, 1.82) is 0 Å². The van der Waals surface area contributed by atoms with E-state index in [1.165, 1.54) is 0 Å². The zero-order chi connectivity index (χ0) is 19.3. The number of nitrogens with one attached hydrogen (secondary N) is 2. The normalized spacial score (nSPS) is 16.8. The lowest BCUT2D eigenvalue weighted by atomic mass is 9.94. The Bertz CT molecular complexity index is 712.